The van der Waals surface area contributed by atoms with Gasteiger partial charge in [0, 0.05) is 19.9 Å². The Kier molecular flexibility index (Phi) is 10.0. The molecule has 3 atom stereocenters. The van der Waals surface area contributed by atoms with Crippen LogP contribution in [0.5, 0.6) is 0 Å². The molecule has 0 aliphatic carbocycles. The molecule has 0 aromatic rings. The van der Waals surface area contributed by atoms with E-state index in [-0.39, 0.29) is 24.8 Å². The highest BCUT2D eigenvalue weighted by Crippen LogP contribution is 2.17. The molecule has 134 valence electrons. The van der Waals surface area contributed by atoms with E-state index in [1.165, 1.54) is 6.92 Å². The van der Waals surface area contributed by atoms with Crippen LogP contribution < -0.4 is 5.32 Å². The first kappa shape index (κ1) is 21.2. The molecule has 0 fully saturated rings. The Bertz CT molecular complexity index is 396. The maximum atomic E-state index is 11.7. The zero-order valence-corrected chi connectivity index (χ0v) is 14.6. The largest absolute Gasteiger partial charge is 0.481 e. The molecule has 0 rings (SSSR count). The van der Waals surface area contributed by atoms with Gasteiger partial charge < -0.3 is 19.9 Å². The number of ether oxygens (including phenoxy) is 2. The molecule has 7 nitrogen and oxygen atoms in total. The summed E-state index contributed by atoms with van der Waals surface area (Å²) in [5.41, 5.74) is 0. The van der Waals surface area contributed by atoms with Crippen molar-refractivity contribution < 1.29 is 29.0 Å². The Morgan fingerprint density at radius 2 is 1.70 bits per heavy atom. The quantitative estimate of drug-likeness (QED) is 0.471. The maximum Gasteiger partial charge on any atom is 0.410 e. The van der Waals surface area contributed by atoms with Gasteiger partial charge in [-0.2, -0.15) is 0 Å². The van der Waals surface area contributed by atoms with Crippen LogP contribution in [-0.4, -0.2) is 36.0 Å². The average molecular weight is 331 g/mol. The van der Waals surface area contributed by atoms with E-state index in [4.69, 9.17) is 14.6 Å². The number of hydrogen-bond acceptors (Lipinski definition) is 5. The molecular formula is C16H29NO6. The number of carboxylic acids is 1. The van der Waals surface area contributed by atoms with Crippen molar-refractivity contribution in [1.29, 1.82) is 0 Å². The zero-order chi connectivity index (χ0) is 18.0. The number of carbonyl (C=O) groups is 3. The van der Waals surface area contributed by atoms with Gasteiger partial charge in [0.15, 0.2) is 0 Å². The number of amides is 1. The van der Waals surface area contributed by atoms with Gasteiger partial charge >= 0.3 is 18.0 Å². The summed E-state index contributed by atoms with van der Waals surface area (Å²) in [6.45, 7) is 9.10. The van der Waals surface area contributed by atoms with Crippen LogP contribution in [0.25, 0.3) is 0 Å². The lowest BCUT2D eigenvalue weighted by Crippen LogP contribution is -2.35. The van der Waals surface area contributed by atoms with Crippen molar-refractivity contribution >= 4 is 18.0 Å². The molecule has 23 heavy (non-hydrogen) atoms. The lowest BCUT2D eigenvalue weighted by atomic mass is 9.91. The Hall–Kier alpha value is -1.79. The van der Waals surface area contributed by atoms with E-state index in [9.17, 15) is 14.4 Å². The zero-order valence-electron chi connectivity index (χ0n) is 14.6. The van der Waals surface area contributed by atoms with Gasteiger partial charge in [0.05, 0.1) is 5.92 Å². The number of rotatable bonds is 10. The molecule has 0 unspecified atom stereocenters. The van der Waals surface area contributed by atoms with Gasteiger partial charge in [0.2, 0.25) is 6.29 Å². The highest BCUT2D eigenvalue weighted by molar-refractivity contribution is 5.72. The number of nitrogens with one attached hydrogen (secondary N) is 1. The van der Waals surface area contributed by atoms with Crippen LogP contribution in [0.1, 0.15) is 53.9 Å². The van der Waals surface area contributed by atoms with Gasteiger partial charge in [-0.1, -0.05) is 34.1 Å². The van der Waals surface area contributed by atoms with Gasteiger partial charge in [-0.05, 0) is 18.3 Å². The van der Waals surface area contributed by atoms with Crippen LogP contribution in [-0.2, 0) is 19.1 Å². The molecule has 0 aliphatic heterocycles. The fourth-order valence-electron chi connectivity index (χ4n) is 1.97. The van der Waals surface area contributed by atoms with E-state index in [0.717, 1.165) is 6.42 Å². The fraction of sp³-hybridized carbons (Fsp3) is 0.812. The molecule has 0 radical (unpaired) electrons. The number of aliphatic carboxylic acids is 1. The highest BCUT2D eigenvalue weighted by atomic mass is 16.7. The minimum atomic E-state index is -0.989. The molecule has 7 heteroatoms. The van der Waals surface area contributed by atoms with Crippen molar-refractivity contribution in [3.8, 4) is 0 Å². The second-order valence-corrected chi connectivity index (χ2v) is 6.16. The predicted molar refractivity (Wildman–Crippen MR) is 84.7 cm³/mol. The average Bonchev–Trinajstić information content (AvgIpc) is 2.43. The molecule has 0 aliphatic rings. The highest BCUT2D eigenvalue weighted by Gasteiger charge is 2.19. The number of hydrogen-bond donors (Lipinski definition) is 2. The van der Waals surface area contributed by atoms with Crippen molar-refractivity contribution in [2.75, 3.05) is 6.54 Å². The van der Waals surface area contributed by atoms with Gasteiger partial charge in [-0.15, -0.1) is 0 Å². The molecule has 0 spiro atoms. The topological polar surface area (TPSA) is 102 Å². The second-order valence-electron chi connectivity index (χ2n) is 6.16. The first-order valence-corrected chi connectivity index (χ1v) is 8.02. The molecule has 0 saturated carbocycles. The molecule has 0 heterocycles. The summed E-state index contributed by atoms with van der Waals surface area (Å²) < 4.78 is 9.84. The van der Waals surface area contributed by atoms with Crippen molar-refractivity contribution in [3.05, 3.63) is 0 Å². The third-order valence-electron chi connectivity index (χ3n) is 3.46. The molecular weight excluding hydrogens is 302 g/mol. The molecule has 0 saturated heterocycles. The number of carbonyl (C=O) groups excluding carboxylic acids is 2. The molecule has 0 aromatic carbocycles. The van der Waals surface area contributed by atoms with Crippen LogP contribution in [0.2, 0.25) is 0 Å². The van der Waals surface area contributed by atoms with E-state index >= 15 is 0 Å². The molecule has 2 N–H and O–H groups in total. The minimum Gasteiger partial charge on any atom is -0.481 e. The fourth-order valence-corrected chi connectivity index (χ4v) is 1.97. The molecule has 0 aromatic heterocycles. The Morgan fingerprint density at radius 1 is 1.09 bits per heavy atom. The van der Waals surface area contributed by atoms with Crippen molar-refractivity contribution in [1.82, 2.24) is 5.32 Å². The van der Waals surface area contributed by atoms with Crippen LogP contribution in [0.3, 0.4) is 0 Å². The van der Waals surface area contributed by atoms with Gasteiger partial charge in [-0.25, -0.2) is 4.79 Å². The second kappa shape index (κ2) is 10.9. The standard InChI is InChI=1S/C16H29NO6/c1-6-11(4)7-13(8-14(18)19)9-17-16(21)23-12(5)22-15(20)10(2)3/h10-13H,6-9H2,1-5H3,(H,17,21)(H,18,19)/t11-,12+,13+/m1/s1. The molecule has 0 bridgehead atoms. The van der Waals surface area contributed by atoms with Gasteiger partial charge in [0.1, 0.15) is 0 Å². The van der Waals surface area contributed by atoms with E-state index in [0.29, 0.717) is 12.3 Å². The summed E-state index contributed by atoms with van der Waals surface area (Å²) in [7, 11) is 0. The summed E-state index contributed by atoms with van der Waals surface area (Å²) in [6, 6.07) is 0. The van der Waals surface area contributed by atoms with E-state index in [1.54, 1.807) is 13.8 Å². The predicted octanol–water partition coefficient (Wildman–Crippen LogP) is 2.78. The summed E-state index contributed by atoms with van der Waals surface area (Å²) in [5, 5.41) is 11.5. The summed E-state index contributed by atoms with van der Waals surface area (Å²) >= 11 is 0. The van der Waals surface area contributed by atoms with Gasteiger partial charge in [-0.3, -0.25) is 9.59 Å². The first-order valence-electron chi connectivity index (χ1n) is 8.02. The smallest absolute Gasteiger partial charge is 0.410 e. The normalized spacial score (nSPS) is 14.7. The third kappa shape index (κ3) is 10.5. The lowest BCUT2D eigenvalue weighted by molar-refractivity contribution is -0.168. The van der Waals surface area contributed by atoms with E-state index in [1.807, 2.05) is 13.8 Å². The first-order chi connectivity index (χ1) is 10.6. The van der Waals surface area contributed by atoms with Crippen LogP contribution in [0.4, 0.5) is 4.79 Å². The lowest BCUT2D eigenvalue weighted by Gasteiger charge is -2.20. The Labute approximate surface area is 137 Å². The summed E-state index contributed by atoms with van der Waals surface area (Å²) in [4.78, 5) is 33.9. The van der Waals surface area contributed by atoms with Gasteiger partial charge in [0.25, 0.3) is 0 Å². The summed E-state index contributed by atoms with van der Waals surface area (Å²) in [6.07, 6.45) is -0.0716. The molecule has 1 amide bonds. The third-order valence-corrected chi connectivity index (χ3v) is 3.46. The minimum absolute atomic E-state index is 0.0114. The summed E-state index contributed by atoms with van der Waals surface area (Å²) in [5.74, 6) is -1.44. The van der Waals surface area contributed by atoms with Crippen LogP contribution in [0, 0.1) is 17.8 Å². The van der Waals surface area contributed by atoms with Crippen molar-refractivity contribution in [2.24, 2.45) is 17.8 Å². The SMILES string of the molecule is CC[C@@H](C)C[C@H](CNC(=O)O[C@@H](C)OC(=O)C(C)C)CC(=O)O. The van der Waals surface area contributed by atoms with E-state index in [2.05, 4.69) is 5.32 Å². The number of carboxylic acid groups (broad SMARTS) is 1. The Balaban J connectivity index is 4.29. The monoisotopic (exact) mass is 331 g/mol. The van der Waals surface area contributed by atoms with Crippen molar-refractivity contribution in [3.63, 3.8) is 0 Å². The van der Waals surface area contributed by atoms with Crippen LogP contribution >= 0.6 is 0 Å². The van der Waals surface area contributed by atoms with Crippen molar-refractivity contribution in [2.45, 2.75) is 60.2 Å². The maximum absolute atomic E-state index is 11.7. The van der Waals surface area contributed by atoms with Crippen LogP contribution in [0.15, 0.2) is 0 Å². The number of esters is 1. The Morgan fingerprint density at radius 3 is 2.17 bits per heavy atom. The van der Waals surface area contributed by atoms with E-state index < -0.39 is 24.3 Å². The number of alkyl carbamates (subject to hydrolysis) is 1.